The largest absolute Gasteiger partial charge is 0.475 e. The Kier molecular flexibility index (Phi) is 7.23. The second-order valence-corrected chi connectivity index (χ2v) is 8.97. The van der Waals surface area contributed by atoms with Gasteiger partial charge < -0.3 is 19.5 Å². The molecule has 0 amide bonds. The Morgan fingerprint density at radius 3 is 2.72 bits per heavy atom. The van der Waals surface area contributed by atoms with Crippen molar-refractivity contribution in [3.8, 4) is 5.88 Å². The maximum absolute atomic E-state index is 11.5. The lowest BCUT2D eigenvalue weighted by Gasteiger charge is -2.28. The number of fused-ring (bicyclic) bond motifs is 1. The van der Waals surface area contributed by atoms with Gasteiger partial charge in [-0.25, -0.2) is 4.98 Å². The highest BCUT2D eigenvalue weighted by Crippen LogP contribution is 2.38. The number of aliphatic hydroxyl groups is 1. The lowest BCUT2D eigenvalue weighted by Crippen LogP contribution is -2.30. The Morgan fingerprint density at radius 2 is 2.06 bits per heavy atom. The summed E-state index contributed by atoms with van der Waals surface area (Å²) < 4.78 is 10.5. The van der Waals surface area contributed by atoms with E-state index in [-0.39, 0.29) is 17.0 Å². The van der Waals surface area contributed by atoms with Crippen LogP contribution in [0.1, 0.15) is 42.5 Å². The van der Waals surface area contributed by atoms with Crippen molar-refractivity contribution >= 4 is 35.0 Å². The van der Waals surface area contributed by atoms with Gasteiger partial charge in [-0.1, -0.05) is 47.6 Å². The highest BCUT2D eigenvalue weighted by Gasteiger charge is 2.30. The third-order valence-corrected chi connectivity index (χ3v) is 6.76. The second-order valence-electron chi connectivity index (χ2n) is 7.84. The molecule has 1 aromatic carbocycles. The van der Waals surface area contributed by atoms with Crippen LogP contribution in [0.3, 0.4) is 0 Å². The van der Waals surface area contributed by atoms with Crippen LogP contribution in [0.5, 0.6) is 5.88 Å². The number of allylic oxidation sites excluding steroid dienone is 2. The predicted octanol–water partition coefficient (Wildman–Crippen LogP) is 4.35. The molecule has 4 rings (SSSR count). The molecule has 1 aromatic heterocycles. The topological polar surface area (TPSA) is 84.8 Å². The Balaban J connectivity index is 1.50. The minimum atomic E-state index is -1.00. The van der Waals surface area contributed by atoms with Crippen LogP contribution in [0, 0.1) is 5.92 Å². The molecule has 7 nitrogen and oxygen atoms in total. The lowest BCUT2D eigenvalue weighted by molar-refractivity contribution is -0.141. The van der Waals surface area contributed by atoms with Gasteiger partial charge in [0.05, 0.1) is 20.1 Å². The number of methoxy groups -OCH3 is 1. The molecular formula is C23H26ClN3O4S. The summed E-state index contributed by atoms with van der Waals surface area (Å²) in [6.45, 7) is 0.861. The van der Waals surface area contributed by atoms with Gasteiger partial charge in [-0.05, 0) is 42.7 Å². The highest BCUT2D eigenvalue weighted by atomic mass is 35.5. The molecule has 1 N–H and O–H groups in total. The van der Waals surface area contributed by atoms with Crippen LogP contribution in [0.4, 0.5) is 5.69 Å². The molecule has 1 aliphatic heterocycles. The number of esters is 1. The standard InChI is InChI=1S/C23H26ClN3O4S/c1-30-18(28)13-14-3-5-15(6-4-14)16-7-9-17(10-8-16)27-11-12-31-21-19(22(27)29)20(24)25-23(26-21)32-2/h3,5,7-10,14-15,22,29H,4,6,11-13H2,1-2H3/t14-,15-,22?/m1/s1. The molecule has 32 heavy (non-hydrogen) atoms. The van der Waals surface area contributed by atoms with Crippen LogP contribution in [0.25, 0.3) is 0 Å². The summed E-state index contributed by atoms with van der Waals surface area (Å²) in [5, 5.41) is 11.8. The Hall–Kier alpha value is -2.29. The van der Waals surface area contributed by atoms with Crippen LogP contribution in [0.15, 0.2) is 41.6 Å². The number of carbonyl (C=O) groups is 1. The van der Waals surface area contributed by atoms with Gasteiger partial charge in [-0.15, -0.1) is 0 Å². The summed E-state index contributed by atoms with van der Waals surface area (Å²) in [7, 11) is 1.42. The summed E-state index contributed by atoms with van der Waals surface area (Å²) in [6, 6.07) is 8.17. The summed E-state index contributed by atoms with van der Waals surface area (Å²) in [5.74, 6) is 0.710. The number of hydrogen-bond donors (Lipinski definition) is 1. The molecule has 9 heteroatoms. The average Bonchev–Trinajstić information content (AvgIpc) is 2.98. The summed E-state index contributed by atoms with van der Waals surface area (Å²) >= 11 is 7.73. The van der Waals surface area contributed by atoms with E-state index in [9.17, 15) is 9.90 Å². The SMILES string of the molecule is COC(=O)C[C@@H]1C=C[C@@H](c2ccc(N3CCOc4nc(SC)nc(Cl)c4C3O)cc2)CC1. The van der Waals surface area contributed by atoms with E-state index >= 15 is 0 Å². The summed E-state index contributed by atoms with van der Waals surface area (Å²) in [5.41, 5.74) is 2.46. The second kappa shape index (κ2) is 10.1. The van der Waals surface area contributed by atoms with Crippen molar-refractivity contribution < 1.29 is 19.4 Å². The molecule has 0 radical (unpaired) electrons. The van der Waals surface area contributed by atoms with Crippen LogP contribution in [0.2, 0.25) is 5.15 Å². The molecule has 170 valence electrons. The average molecular weight is 476 g/mol. The third kappa shape index (κ3) is 4.87. The van der Waals surface area contributed by atoms with E-state index in [2.05, 4.69) is 34.3 Å². The fourth-order valence-corrected chi connectivity index (χ4v) is 4.81. The van der Waals surface area contributed by atoms with Crippen LogP contribution < -0.4 is 9.64 Å². The van der Waals surface area contributed by atoms with Crippen molar-refractivity contribution in [3.05, 3.63) is 52.7 Å². The summed E-state index contributed by atoms with van der Waals surface area (Å²) in [4.78, 5) is 21.9. The van der Waals surface area contributed by atoms with Crippen LogP contribution in [-0.2, 0) is 9.53 Å². The lowest BCUT2D eigenvalue weighted by atomic mass is 9.83. The van der Waals surface area contributed by atoms with E-state index in [4.69, 9.17) is 21.1 Å². The first-order chi connectivity index (χ1) is 15.5. The molecule has 0 saturated heterocycles. The number of ether oxygens (including phenoxy) is 2. The van der Waals surface area contributed by atoms with Crippen LogP contribution >= 0.6 is 23.4 Å². The van der Waals surface area contributed by atoms with Gasteiger partial charge in [0.15, 0.2) is 11.4 Å². The van der Waals surface area contributed by atoms with Crippen molar-refractivity contribution in [2.24, 2.45) is 5.92 Å². The molecular weight excluding hydrogens is 450 g/mol. The highest BCUT2D eigenvalue weighted by molar-refractivity contribution is 7.98. The Bertz CT molecular complexity index is 1000. The first-order valence-electron chi connectivity index (χ1n) is 10.5. The zero-order valence-corrected chi connectivity index (χ0v) is 19.6. The number of anilines is 1. The van der Waals surface area contributed by atoms with E-state index in [1.54, 1.807) is 0 Å². The van der Waals surface area contributed by atoms with E-state index in [1.807, 2.05) is 23.3 Å². The zero-order valence-electron chi connectivity index (χ0n) is 18.0. The molecule has 0 spiro atoms. The first-order valence-corrected chi connectivity index (χ1v) is 12.1. The number of halogens is 1. The van der Waals surface area contributed by atoms with E-state index < -0.39 is 6.23 Å². The number of aromatic nitrogens is 2. The van der Waals surface area contributed by atoms with Crippen molar-refractivity contribution in [1.82, 2.24) is 9.97 Å². The van der Waals surface area contributed by atoms with E-state index in [0.29, 0.717) is 42.1 Å². The van der Waals surface area contributed by atoms with E-state index in [0.717, 1.165) is 18.5 Å². The smallest absolute Gasteiger partial charge is 0.306 e. The third-order valence-electron chi connectivity index (χ3n) is 5.92. The van der Waals surface area contributed by atoms with Crippen molar-refractivity contribution in [3.63, 3.8) is 0 Å². The Morgan fingerprint density at radius 1 is 1.28 bits per heavy atom. The van der Waals surface area contributed by atoms with Gasteiger partial charge in [0.1, 0.15) is 17.3 Å². The molecule has 3 atom stereocenters. The molecule has 0 saturated carbocycles. The van der Waals surface area contributed by atoms with Crippen molar-refractivity contribution in [2.45, 2.75) is 36.6 Å². The monoisotopic (exact) mass is 475 g/mol. The minimum absolute atomic E-state index is 0.167. The number of aliphatic hydroxyl groups excluding tert-OH is 1. The normalized spacial score (nSPS) is 22.6. The number of benzene rings is 1. The number of rotatable bonds is 5. The molecule has 1 unspecified atom stereocenters. The van der Waals surface area contributed by atoms with Gasteiger partial charge in [0.2, 0.25) is 5.88 Å². The fraction of sp³-hybridized carbons (Fsp3) is 0.435. The van der Waals surface area contributed by atoms with Gasteiger partial charge in [0, 0.05) is 11.6 Å². The van der Waals surface area contributed by atoms with Gasteiger partial charge in [-0.2, -0.15) is 4.98 Å². The number of nitrogens with zero attached hydrogens (tertiary/aromatic N) is 3. The molecule has 2 heterocycles. The minimum Gasteiger partial charge on any atom is -0.475 e. The predicted molar refractivity (Wildman–Crippen MR) is 124 cm³/mol. The van der Waals surface area contributed by atoms with Gasteiger partial charge in [0.25, 0.3) is 0 Å². The summed E-state index contributed by atoms with van der Waals surface area (Å²) in [6.07, 6.45) is 7.52. The van der Waals surface area contributed by atoms with Crippen molar-refractivity contribution in [1.29, 1.82) is 0 Å². The number of hydrogen-bond acceptors (Lipinski definition) is 8. The van der Waals surface area contributed by atoms with Crippen LogP contribution in [-0.4, -0.2) is 47.6 Å². The molecule has 2 aliphatic rings. The number of carbonyl (C=O) groups excluding carboxylic acids is 1. The fourth-order valence-electron chi connectivity index (χ4n) is 4.15. The molecule has 0 bridgehead atoms. The number of thioether (sulfide) groups is 1. The zero-order chi connectivity index (χ0) is 22.7. The molecule has 1 aliphatic carbocycles. The van der Waals surface area contributed by atoms with Crippen molar-refractivity contribution in [2.75, 3.05) is 31.4 Å². The van der Waals surface area contributed by atoms with E-state index in [1.165, 1.54) is 24.4 Å². The quantitative estimate of drug-likeness (QED) is 0.224. The molecule has 2 aromatic rings. The van der Waals surface area contributed by atoms with Gasteiger partial charge in [-0.3, -0.25) is 4.79 Å². The molecule has 0 fully saturated rings. The maximum atomic E-state index is 11.5. The maximum Gasteiger partial charge on any atom is 0.306 e. The van der Waals surface area contributed by atoms with Gasteiger partial charge >= 0.3 is 5.97 Å². The first kappa shape index (κ1) is 22.9. The Labute approximate surface area is 196 Å².